The number of nitrogens with two attached hydrogens (primary N) is 1. The predicted molar refractivity (Wildman–Crippen MR) is 74.0 cm³/mol. The number of amides is 2. The topological polar surface area (TPSA) is 112 Å². The van der Waals surface area contributed by atoms with Gasteiger partial charge in [-0.05, 0) is 25.0 Å². The van der Waals surface area contributed by atoms with Crippen molar-refractivity contribution in [3.8, 4) is 0 Å². The number of aliphatic carboxylic acids is 1. The summed E-state index contributed by atoms with van der Waals surface area (Å²) in [7, 11) is 0. The molecule has 2 amide bonds. The summed E-state index contributed by atoms with van der Waals surface area (Å²) in [6.07, 6.45) is 2.53. The van der Waals surface area contributed by atoms with E-state index in [0.717, 1.165) is 12.8 Å². The van der Waals surface area contributed by atoms with E-state index in [1.165, 1.54) is 6.07 Å². The predicted octanol–water partition coefficient (Wildman–Crippen LogP) is 0.280. The van der Waals surface area contributed by atoms with Crippen LogP contribution in [0, 0.1) is 11.8 Å². The minimum Gasteiger partial charge on any atom is -0.550 e. The normalized spacial score (nSPS) is 21.5. The van der Waals surface area contributed by atoms with E-state index in [-0.39, 0.29) is 5.56 Å². The summed E-state index contributed by atoms with van der Waals surface area (Å²) < 4.78 is 0. The Bertz CT molecular complexity index is 571. The minimum absolute atomic E-state index is 0.201. The minimum atomic E-state index is -1.20. The van der Waals surface area contributed by atoms with Gasteiger partial charge in [0, 0.05) is 17.8 Å². The van der Waals surface area contributed by atoms with Crippen LogP contribution >= 0.6 is 0 Å². The largest absolute Gasteiger partial charge is 0.550 e. The molecule has 1 aromatic carbocycles. The van der Waals surface area contributed by atoms with Crippen molar-refractivity contribution in [1.29, 1.82) is 0 Å². The molecule has 6 heteroatoms. The molecule has 112 valence electrons. The van der Waals surface area contributed by atoms with Gasteiger partial charge in [-0.15, -0.1) is 0 Å². The summed E-state index contributed by atoms with van der Waals surface area (Å²) in [6.45, 7) is 0. The maximum Gasteiger partial charge on any atom is 0.250 e. The van der Waals surface area contributed by atoms with Gasteiger partial charge >= 0.3 is 0 Å². The molecule has 0 saturated heterocycles. The third-order valence-corrected chi connectivity index (χ3v) is 3.86. The third-order valence-electron chi connectivity index (χ3n) is 3.86. The number of carbonyl (C=O) groups is 3. The molecular formula is C15H17N2O4-. The van der Waals surface area contributed by atoms with Gasteiger partial charge in [0.2, 0.25) is 5.91 Å². The number of para-hydroxylation sites is 1. The van der Waals surface area contributed by atoms with Crippen LogP contribution in [0.2, 0.25) is 0 Å². The van der Waals surface area contributed by atoms with E-state index < -0.39 is 29.6 Å². The number of anilines is 1. The summed E-state index contributed by atoms with van der Waals surface area (Å²) >= 11 is 0. The lowest BCUT2D eigenvalue weighted by Gasteiger charge is -2.31. The Balaban J connectivity index is 2.17. The molecule has 0 spiro atoms. The van der Waals surface area contributed by atoms with Crippen LogP contribution in [0.15, 0.2) is 24.3 Å². The fourth-order valence-electron chi connectivity index (χ4n) is 2.76. The number of carbonyl (C=O) groups excluding carboxylic acids is 3. The van der Waals surface area contributed by atoms with E-state index in [2.05, 4.69) is 5.32 Å². The van der Waals surface area contributed by atoms with Gasteiger partial charge in [-0.25, -0.2) is 0 Å². The fourth-order valence-corrected chi connectivity index (χ4v) is 2.76. The lowest BCUT2D eigenvalue weighted by atomic mass is 9.78. The van der Waals surface area contributed by atoms with E-state index in [1.54, 1.807) is 18.2 Å². The number of benzene rings is 1. The van der Waals surface area contributed by atoms with E-state index >= 15 is 0 Å². The molecule has 0 aliphatic heterocycles. The molecular weight excluding hydrogens is 272 g/mol. The Morgan fingerprint density at radius 3 is 2.33 bits per heavy atom. The number of hydrogen-bond donors (Lipinski definition) is 2. The molecule has 1 fully saturated rings. The highest BCUT2D eigenvalue weighted by Crippen LogP contribution is 2.31. The maximum absolute atomic E-state index is 12.3. The lowest BCUT2D eigenvalue weighted by Crippen LogP contribution is -2.42. The second kappa shape index (κ2) is 6.39. The molecule has 21 heavy (non-hydrogen) atoms. The molecule has 3 N–H and O–H groups in total. The van der Waals surface area contributed by atoms with E-state index in [1.807, 2.05) is 0 Å². The molecule has 0 heterocycles. The molecule has 1 aromatic rings. The van der Waals surface area contributed by atoms with Crippen molar-refractivity contribution in [3.63, 3.8) is 0 Å². The Hall–Kier alpha value is -2.37. The first-order chi connectivity index (χ1) is 10.0. The van der Waals surface area contributed by atoms with E-state index in [0.29, 0.717) is 18.5 Å². The molecule has 0 bridgehead atoms. The summed E-state index contributed by atoms with van der Waals surface area (Å²) in [6, 6.07) is 6.38. The molecule has 6 nitrogen and oxygen atoms in total. The molecule has 2 atom stereocenters. The van der Waals surface area contributed by atoms with Crippen LogP contribution in [0.5, 0.6) is 0 Å². The van der Waals surface area contributed by atoms with Crippen molar-refractivity contribution in [2.75, 3.05) is 5.32 Å². The summed E-state index contributed by atoms with van der Waals surface area (Å²) in [4.78, 5) is 34.8. The first kappa shape index (κ1) is 15.0. The number of primary amides is 1. The zero-order chi connectivity index (χ0) is 15.4. The van der Waals surface area contributed by atoms with Gasteiger partial charge < -0.3 is 21.0 Å². The van der Waals surface area contributed by atoms with Gasteiger partial charge in [0.1, 0.15) is 0 Å². The van der Waals surface area contributed by atoms with Crippen LogP contribution in [-0.2, 0) is 9.59 Å². The van der Waals surface area contributed by atoms with Crippen LogP contribution in [0.3, 0.4) is 0 Å². The number of rotatable bonds is 4. The Morgan fingerprint density at radius 2 is 1.71 bits per heavy atom. The van der Waals surface area contributed by atoms with Crippen molar-refractivity contribution in [3.05, 3.63) is 29.8 Å². The number of hydrogen-bond acceptors (Lipinski definition) is 4. The number of nitrogens with one attached hydrogen (secondary N) is 1. The summed E-state index contributed by atoms with van der Waals surface area (Å²) in [5.74, 6) is -3.66. The van der Waals surface area contributed by atoms with Crippen molar-refractivity contribution in [1.82, 2.24) is 0 Å². The first-order valence-corrected chi connectivity index (χ1v) is 6.91. The molecule has 0 radical (unpaired) electrons. The van der Waals surface area contributed by atoms with Crippen molar-refractivity contribution in [2.45, 2.75) is 25.7 Å². The van der Waals surface area contributed by atoms with Gasteiger partial charge in [0.05, 0.1) is 11.3 Å². The molecule has 0 unspecified atom stereocenters. The van der Waals surface area contributed by atoms with Crippen LogP contribution in [0.4, 0.5) is 5.69 Å². The standard InChI is InChI=1S/C15H18N2O4/c16-13(18)11-7-3-4-8-12(11)17-14(19)9-5-1-2-6-10(9)15(20)21/h3-4,7-10H,1-2,5-6H2,(H2,16,18)(H,17,19)(H,20,21)/p-1/t9-,10-/m1/s1. The van der Waals surface area contributed by atoms with Crippen molar-refractivity contribution < 1.29 is 19.5 Å². The Morgan fingerprint density at radius 1 is 1.10 bits per heavy atom. The second-order valence-corrected chi connectivity index (χ2v) is 5.22. The lowest BCUT2D eigenvalue weighted by molar-refractivity contribution is -0.313. The quantitative estimate of drug-likeness (QED) is 0.828. The molecule has 1 aliphatic rings. The second-order valence-electron chi connectivity index (χ2n) is 5.22. The average Bonchev–Trinajstić information content (AvgIpc) is 2.47. The Labute approximate surface area is 122 Å². The number of carboxylic acid groups (broad SMARTS) is 1. The zero-order valence-corrected chi connectivity index (χ0v) is 11.5. The molecule has 1 saturated carbocycles. The van der Waals surface area contributed by atoms with E-state index in [4.69, 9.17) is 5.73 Å². The number of carboxylic acids is 1. The molecule has 0 aromatic heterocycles. The summed E-state index contributed by atoms with van der Waals surface area (Å²) in [5.41, 5.74) is 5.75. The van der Waals surface area contributed by atoms with Gasteiger partial charge in [-0.2, -0.15) is 0 Å². The van der Waals surface area contributed by atoms with Crippen LogP contribution < -0.4 is 16.2 Å². The van der Waals surface area contributed by atoms with E-state index in [9.17, 15) is 19.5 Å². The molecule has 2 rings (SSSR count). The molecule has 1 aliphatic carbocycles. The Kier molecular flexibility index (Phi) is 4.57. The summed E-state index contributed by atoms with van der Waals surface area (Å²) in [5, 5.41) is 13.7. The van der Waals surface area contributed by atoms with Crippen LogP contribution in [0.1, 0.15) is 36.0 Å². The van der Waals surface area contributed by atoms with Gasteiger partial charge in [0.25, 0.3) is 5.91 Å². The van der Waals surface area contributed by atoms with Gasteiger partial charge in [-0.1, -0.05) is 25.0 Å². The maximum atomic E-state index is 12.3. The fraction of sp³-hybridized carbons (Fsp3) is 0.400. The third kappa shape index (κ3) is 3.39. The highest BCUT2D eigenvalue weighted by molar-refractivity contribution is 6.04. The van der Waals surface area contributed by atoms with Crippen molar-refractivity contribution in [2.24, 2.45) is 17.6 Å². The SMILES string of the molecule is NC(=O)c1ccccc1NC(=O)[C@@H]1CCCC[C@H]1C(=O)[O-]. The highest BCUT2D eigenvalue weighted by Gasteiger charge is 2.32. The smallest absolute Gasteiger partial charge is 0.250 e. The monoisotopic (exact) mass is 289 g/mol. The first-order valence-electron chi connectivity index (χ1n) is 6.91. The van der Waals surface area contributed by atoms with Crippen molar-refractivity contribution >= 4 is 23.5 Å². The zero-order valence-electron chi connectivity index (χ0n) is 11.5. The average molecular weight is 289 g/mol. The van der Waals surface area contributed by atoms with Gasteiger partial charge in [-0.3, -0.25) is 9.59 Å². The van der Waals surface area contributed by atoms with Crippen LogP contribution in [-0.4, -0.2) is 17.8 Å². The van der Waals surface area contributed by atoms with Gasteiger partial charge in [0.15, 0.2) is 0 Å². The highest BCUT2D eigenvalue weighted by atomic mass is 16.4. The van der Waals surface area contributed by atoms with Crippen LogP contribution in [0.25, 0.3) is 0 Å².